The fourth-order valence-electron chi connectivity index (χ4n) is 7.01. The molecule has 0 saturated carbocycles. The van der Waals surface area contributed by atoms with Crippen molar-refractivity contribution in [3.05, 3.63) is 200 Å². The highest BCUT2D eigenvalue weighted by molar-refractivity contribution is 6.10. The Labute approximate surface area is 292 Å². The lowest BCUT2D eigenvalue weighted by Gasteiger charge is -2.10. The Hall–Kier alpha value is -6.64. The highest BCUT2D eigenvalue weighted by Gasteiger charge is 2.13. The van der Waals surface area contributed by atoms with Gasteiger partial charge in [0.25, 0.3) is 0 Å². The first-order valence-corrected chi connectivity index (χ1v) is 17.1. The molecule has 236 valence electrons. The topological polar surface area (TPSA) is 17.0 Å². The van der Waals surface area contributed by atoms with Crippen LogP contribution in [0, 0.1) is 0 Å². The summed E-state index contributed by atoms with van der Waals surface area (Å²) in [4.78, 5) is 0. The Kier molecular flexibility index (Phi) is 7.53. The molecule has 0 spiro atoms. The third kappa shape index (κ3) is 5.63. The average Bonchev–Trinajstić information content (AvgIpc) is 3.53. The van der Waals surface area contributed by atoms with E-state index in [4.69, 9.17) is 0 Å². The van der Waals surface area contributed by atoms with Crippen LogP contribution in [0.15, 0.2) is 200 Å². The second-order valence-electron chi connectivity index (χ2n) is 12.7. The molecule has 8 aromatic carbocycles. The van der Waals surface area contributed by atoms with Gasteiger partial charge >= 0.3 is 0 Å². The smallest absolute Gasteiger partial charge is 0.0541 e. The van der Waals surface area contributed by atoms with Crippen LogP contribution >= 0.6 is 0 Å². The number of aromatic nitrogens is 1. The maximum atomic E-state index is 3.53. The molecule has 2 heteroatoms. The third-order valence-corrected chi connectivity index (χ3v) is 9.62. The van der Waals surface area contributed by atoms with Gasteiger partial charge in [0.15, 0.2) is 0 Å². The van der Waals surface area contributed by atoms with Crippen LogP contribution in [0.5, 0.6) is 0 Å². The molecule has 0 atom stereocenters. The van der Waals surface area contributed by atoms with Gasteiger partial charge in [-0.1, -0.05) is 146 Å². The van der Waals surface area contributed by atoms with Crippen molar-refractivity contribution in [2.45, 2.75) is 0 Å². The zero-order chi connectivity index (χ0) is 33.3. The van der Waals surface area contributed by atoms with Gasteiger partial charge < -0.3 is 9.88 Å². The second kappa shape index (κ2) is 12.8. The molecule has 0 amide bonds. The largest absolute Gasteiger partial charge is 0.356 e. The summed E-state index contributed by atoms with van der Waals surface area (Å²) in [7, 11) is 0. The van der Waals surface area contributed by atoms with Gasteiger partial charge in [0.05, 0.1) is 11.0 Å². The van der Waals surface area contributed by atoms with Crippen molar-refractivity contribution in [2.75, 3.05) is 5.32 Å². The van der Waals surface area contributed by atoms with Crippen LogP contribution in [-0.2, 0) is 0 Å². The number of nitrogens with one attached hydrogen (secondary N) is 1. The van der Waals surface area contributed by atoms with E-state index in [1.807, 2.05) is 6.07 Å². The van der Waals surface area contributed by atoms with E-state index < -0.39 is 0 Å². The van der Waals surface area contributed by atoms with Crippen LogP contribution in [0.3, 0.4) is 0 Å². The molecule has 9 rings (SSSR count). The van der Waals surface area contributed by atoms with Crippen LogP contribution in [-0.4, -0.2) is 4.57 Å². The average molecular weight is 639 g/mol. The van der Waals surface area contributed by atoms with Crippen molar-refractivity contribution in [2.24, 2.45) is 0 Å². The first kappa shape index (κ1) is 29.5. The standard InChI is InChI=1S/C48H34N2/c1-3-9-34(10-4-1)38-23-28-42(29-24-38)49-43-30-25-39(26-31-43)37-17-15-35(16-18-37)36-19-21-40(22-20-36)41-27-32-48-46(33-41)45-13-7-8-14-47(45)50(48)44-11-5-2-6-12-44/h1-33,49H. The van der Waals surface area contributed by atoms with Crippen molar-refractivity contribution in [1.82, 2.24) is 4.57 Å². The predicted octanol–water partition coefficient (Wildman–Crippen LogP) is 13.2. The Morgan fingerprint density at radius 2 is 0.660 bits per heavy atom. The minimum absolute atomic E-state index is 1.07. The molecule has 1 N–H and O–H groups in total. The molecule has 0 bridgehead atoms. The van der Waals surface area contributed by atoms with Gasteiger partial charge in [-0.3, -0.25) is 0 Å². The highest BCUT2D eigenvalue weighted by atomic mass is 15.0. The van der Waals surface area contributed by atoms with Crippen molar-refractivity contribution in [3.63, 3.8) is 0 Å². The van der Waals surface area contributed by atoms with Crippen molar-refractivity contribution in [3.8, 4) is 50.2 Å². The van der Waals surface area contributed by atoms with Crippen LogP contribution in [0.25, 0.3) is 72.0 Å². The summed E-state index contributed by atoms with van der Waals surface area (Å²) < 4.78 is 2.36. The van der Waals surface area contributed by atoms with Gasteiger partial charge in [-0.2, -0.15) is 0 Å². The van der Waals surface area contributed by atoms with Crippen LogP contribution in [0.1, 0.15) is 0 Å². The van der Waals surface area contributed by atoms with Gasteiger partial charge in [0, 0.05) is 27.8 Å². The Morgan fingerprint density at radius 1 is 0.280 bits per heavy atom. The van der Waals surface area contributed by atoms with E-state index >= 15 is 0 Å². The number of hydrogen-bond acceptors (Lipinski definition) is 1. The van der Waals surface area contributed by atoms with Gasteiger partial charge in [-0.05, 0) is 99.1 Å². The molecule has 0 aliphatic rings. The fourth-order valence-corrected chi connectivity index (χ4v) is 7.01. The highest BCUT2D eigenvalue weighted by Crippen LogP contribution is 2.36. The quantitative estimate of drug-likeness (QED) is 0.184. The molecule has 1 heterocycles. The zero-order valence-electron chi connectivity index (χ0n) is 27.5. The molecule has 2 nitrogen and oxygen atoms in total. The van der Waals surface area contributed by atoms with Gasteiger partial charge in [-0.15, -0.1) is 0 Å². The first-order valence-electron chi connectivity index (χ1n) is 17.1. The Bertz CT molecular complexity index is 2550. The lowest BCUT2D eigenvalue weighted by atomic mass is 9.97. The minimum Gasteiger partial charge on any atom is -0.356 e. The number of para-hydroxylation sites is 2. The van der Waals surface area contributed by atoms with E-state index in [0.29, 0.717) is 0 Å². The molecular formula is C48H34N2. The molecule has 0 aliphatic heterocycles. The van der Waals surface area contributed by atoms with Crippen molar-refractivity contribution < 1.29 is 0 Å². The van der Waals surface area contributed by atoms with Crippen molar-refractivity contribution >= 4 is 33.2 Å². The number of anilines is 2. The molecule has 9 aromatic rings. The second-order valence-corrected chi connectivity index (χ2v) is 12.7. The molecule has 0 unspecified atom stereocenters. The van der Waals surface area contributed by atoms with E-state index in [0.717, 1.165) is 11.4 Å². The molecule has 0 saturated heterocycles. The molecule has 50 heavy (non-hydrogen) atoms. The predicted molar refractivity (Wildman–Crippen MR) is 212 cm³/mol. The number of hydrogen-bond donors (Lipinski definition) is 1. The molecule has 0 fully saturated rings. The Balaban J connectivity index is 0.910. The Morgan fingerprint density at radius 3 is 1.20 bits per heavy atom. The third-order valence-electron chi connectivity index (χ3n) is 9.62. The summed E-state index contributed by atoms with van der Waals surface area (Å²) in [6, 6.07) is 71.6. The minimum atomic E-state index is 1.07. The van der Waals surface area contributed by atoms with Gasteiger partial charge in [0.1, 0.15) is 0 Å². The van der Waals surface area contributed by atoms with Crippen LogP contribution in [0.4, 0.5) is 11.4 Å². The fraction of sp³-hybridized carbons (Fsp3) is 0. The lowest BCUT2D eigenvalue weighted by Crippen LogP contribution is -1.92. The molecule has 0 aliphatic carbocycles. The summed E-state index contributed by atoms with van der Waals surface area (Å²) in [5.41, 5.74) is 15.4. The van der Waals surface area contributed by atoms with E-state index in [1.54, 1.807) is 0 Å². The summed E-state index contributed by atoms with van der Waals surface area (Å²) in [5.74, 6) is 0. The maximum absolute atomic E-state index is 3.53. The van der Waals surface area contributed by atoms with Gasteiger partial charge in [0.2, 0.25) is 0 Å². The lowest BCUT2D eigenvalue weighted by molar-refractivity contribution is 1.18. The summed E-state index contributed by atoms with van der Waals surface area (Å²) in [5, 5.41) is 6.07. The van der Waals surface area contributed by atoms with Crippen LogP contribution in [0.2, 0.25) is 0 Å². The van der Waals surface area contributed by atoms with E-state index in [2.05, 4.69) is 204 Å². The number of nitrogens with zero attached hydrogens (tertiary/aromatic N) is 1. The van der Waals surface area contributed by atoms with E-state index in [1.165, 1.54) is 72.0 Å². The monoisotopic (exact) mass is 638 g/mol. The summed E-state index contributed by atoms with van der Waals surface area (Å²) >= 11 is 0. The first-order chi connectivity index (χ1) is 24.8. The molecule has 1 aromatic heterocycles. The summed E-state index contributed by atoms with van der Waals surface area (Å²) in [6.45, 7) is 0. The molecule has 0 radical (unpaired) electrons. The normalized spacial score (nSPS) is 11.2. The number of fused-ring (bicyclic) bond motifs is 3. The zero-order valence-corrected chi connectivity index (χ0v) is 27.5. The van der Waals surface area contributed by atoms with E-state index in [9.17, 15) is 0 Å². The number of rotatable bonds is 7. The van der Waals surface area contributed by atoms with Crippen molar-refractivity contribution in [1.29, 1.82) is 0 Å². The van der Waals surface area contributed by atoms with E-state index in [-0.39, 0.29) is 0 Å². The maximum Gasteiger partial charge on any atom is 0.0541 e. The molecular weight excluding hydrogens is 605 g/mol. The SMILES string of the molecule is c1ccc(-c2ccc(Nc3ccc(-c4ccc(-c5ccc(-c6ccc7c(c6)c6ccccc6n7-c6ccccc6)cc5)cc4)cc3)cc2)cc1. The van der Waals surface area contributed by atoms with Gasteiger partial charge in [-0.25, -0.2) is 0 Å². The van der Waals surface area contributed by atoms with Crippen LogP contribution < -0.4 is 5.32 Å². The summed E-state index contributed by atoms with van der Waals surface area (Å²) in [6.07, 6.45) is 0. The number of benzene rings is 8.